The van der Waals surface area contributed by atoms with Crippen molar-refractivity contribution in [2.24, 2.45) is 0 Å². The maximum absolute atomic E-state index is 6.28. The van der Waals surface area contributed by atoms with E-state index in [0.29, 0.717) is 5.02 Å². The number of nitrogens with one attached hydrogen (secondary N) is 3. The average molecular weight is 706 g/mol. The van der Waals surface area contributed by atoms with Gasteiger partial charge in [-0.25, -0.2) is 9.97 Å². The summed E-state index contributed by atoms with van der Waals surface area (Å²) >= 11 is 6.28. The van der Waals surface area contributed by atoms with Crippen LogP contribution in [0.3, 0.4) is 0 Å². The lowest BCUT2D eigenvalue weighted by atomic mass is 10.1. The molecular weight excluding hydrogens is 654 g/mol. The van der Waals surface area contributed by atoms with Gasteiger partial charge in [0.15, 0.2) is 0 Å². The number of rotatable bonds is 20. The molecule has 0 radical (unpaired) electrons. The second-order valence-electron chi connectivity index (χ2n) is 13.6. The van der Waals surface area contributed by atoms with E-state index in [1.54, 1.807) is 14.2 Å². The van der Waals surface area contributed by atoms with Gasteiger partial charge < -0.3 is 25.4 Å². The third-order valence-corrected chi connectivity index (χ3v) is 9.98. The van der Waals surface area contributed by atoms with Crippen LogP contribution in [0, 0.1) is 6.92 Å². The van der Waals surface area contributed by atoms with Crippen LogP contribution in [-0.2, 0) is 0 Å². The average Bonchev–Trinajstić information content (AvgIpc) is 3.14. The smallest absolute Gasteiger partial charge is 0.119 e. The van der Waals surface area contributed by atoms with Crippen molar-refractivity contribution in [1.29, 1.82) is 0 Å². The lowest BCUT2D eigenvalue weighted by Crippen LogP contribution is -2.16. The molecule has 0 aliphatic rings. The minimum absolute atomic E-state index is 0.699. The lowest BCUT2D eigenvalue weighted by molar-refractivity contribution is 0.415. The van der Waals surface area contributed by atoms with Crippen molar-refractivity contribution in [2.45, 2.75) is 71.1 Å². The topological polar surface area (TPSA) is 80.3 Å². The molecule has 0 atom stereocenters. The Hall–Kier alpha value is -4.33. The molecule has 0 spiro atoms. The van der Waals surface area contributed by atoms with Crippen LogP contribution in [0.2, 0.25) is 5.02 Å². The summed E-state index contributed by atoms with van der Waals surface area (Å²) in [6.45, 7) is 6.22. The summed E-state index contributed by atoms with van der Waals surface area (Å²) in [4.78, 5) is 9.76. The van der Waals surface area contributed by atoms with Crippen molar-refractivity contribution in [2.75, 3.05) is 51.0 Å². The number of fused-ring (bicyclic) bond motifs is 4. The Morgan fingerprint density at radius 1 is 0.490 bits per heavy atom. The van der Waals surface area contributed by atoms with Gasteiger partial charge in [0.05, 0.1) is 47.7 Å². The van der Waals surface area contributed by atoms with E-state index in [9.17, 15) is 0 Å². The molecule has 0 aliphatic heterocycles. The quantitative estimate of drug-likeness (QED) is 0.0539. The van der Waals surface area contributed by atoms with Crippen LogP contribution in [0.1, 0.15) is 69.8 Å². The van der Waals surface area contributed by atoms with Crippen molar-refractivity contribution >= 4 is 66.6 Å². The third-order valence-electron chi connectivity index (χ3n) is 9.74. The van der Waals surface area contributed by atoms with E-state index in [0.717, 1.165) is 100 Å². The molecule has 6 rings (SSSR count). The molecule has 2 heterocycles. The fraction of sp³-hybridized carbons (Fsp3) is 0.395. The summed E-state index contributed by atoms with van der Waals surface area (Å²) in [7, 11) is 3.42. The van der Waals surface area contributed by atoms with Crippen LogP contribution < -0.4 is 25.4 Å². The van der Waals surface area contributed by atoms with Crippen molar-refractivity contribution in [3.05, 3.63) is 83.4 Å². The molecule has 0 amide bonds. The molecule has 0 unspecified atom stereocenters. The van der Waals surface area contributed by atoms with Gasteiger partial charge in [0.1, 0.15) is 11.5 Å². The number of unbranched alkanes of at least 4 members (excludes halogenated alkanes) is 8. The number of anilines is 2. The first-order valence-corrected chi connectivity index (χ1v) is 19.1. The van der Waals surface area contributed by atoms with Crippen LogP contribution in [-0.4, -0.2) is 50.4 Å². The molecule has 0 bridgehead atoms. The lowest BCUT2D eigenvalue weighted by Gasteiger charge is -2.14. The standard InChI is InChI=1S/C43H52ClN5O2/c1-30-14-18-34-40(26-30)48-38-20-16-32(50-2)28-36(38)42(34)46-24-12-8-4-6-10-22-45-23-11-7-5-9-13-25-47-43-35-19-15-31(44)27-41(35)49-39-21-17-33(51-3)29-37(39)43/h14-21,26-29,45H,4-13,22-25H2,1-3H3,(H,46,48)(H,47,49). The van der Waals surface area contributed by atoms with Crippen molar-refractivity contribution in [3.8, 4) is 11.5 Å². The predicted octanol–water partition coefficient (Wildman–Crippen LogP) is 11.1. The first-order valence-electron chi connectivity index (χ1n) is 18.7. The number of aromatic nitrogens is 2. The largest absolute Gasteiger partial charge is 0.497 e. The number of hydrogen-bond donors (Lipinski definition) is 3. The van der Waals surface area contributed by atoms with E-state index in [1.807, 2.05) is 30.3 Å². The van der Waals surface area contributed by atoms with Crippen molar-refractivity contribution in [3.63, 3.8) is 0 Å². The minimum Gasteiger partial charge on any atom is -0.497 e. The van der Waals surface area contributed by atoms with Gasteiger partial charge >= 0.3 is 0 Å². The van der Waals surface area contributed by atoms with Gasteiger partial charge in [0, 0.05) is 39.7 Å². The Labute approximate surface area is 307 Å². The third kappa shape index (κ3) is 9.52. The molecule has 0 saturated carbocycles. The Bertz CT molecular complexity index is 1920. The molecule has 2 aromatic heterocycles. The summed E-state index contributed by atoms with van der Waals surface area (Å²) in [5.41, 5.74) is 7.37. The number of nitrogens with zero attached hydrogens (tertiary/aromatic N) is 2. The Morgan fingerprint density at radius 2 is 0.961 bits per heavy atom. The van der Waals surface area contributed by atoms with Crippen LogP contribution in [0.4, 0.5) is 11.4 Å². The fourth-order valence-corrected chi connectivity index (χ4v) is 7.09. The second kappa shape index (κ2) is 18.2. The van der Waals surface area contributed by atoms with Crippen molar-refractivity contribution in [1.82, 2.24) is 15.3 Å². The molecule has 6 aromatic rings. The van der Waals surface area contributed by atoms with Gasteiger partial charge in [-0.1, -0.05) is 62.3 Å². The predicted molar refractivity (Wildman–Crippen MR) is 217 cm³/mol. The molecular formula is C43H52ClN5O2. The van der Waals surface area contributed by atoms with Crippen LogP contribution >= 0.6 is 11.6 Å². The zero-order valence-electron chi connectivity index (χ0n) is 30.4. The molecule has 4 aromatic carbocycles. The van der Waals surface area contributed by atoms with Gasteiger partial charge in [0.2, 0.25) is 0 Å². The zero-order chi connectivity index (χ0) is 35.4. The summed E-state index contributed by atoms with van der Waals surface area (Å²) in [6, 6.07) is 24.6. The fourth-order valence-electron chi connectivity index (χ4n) is 6.93. The van der Waals surface area contributed by atoms with E-state index >= 15 is 0 Å². The van der Waals surface area contributed by atoms with Crippen LogP contribution in [0.25, 0.3) is 43.6 Å². The van der Waals surface area contributed by atoms with Crippen LogP contribution in [0.15, 0.2) is 72.8 Å². The monoisotopic (exact) mass is 705 g/mol. The number of halogens is 1. The van der Waals surface area contributed by atoms with E-state index in [1.165, 1.54) is 62.3 Å². The SMILES string of the molecule is COc1ccc2nc3cc(C)ccc3c(NCCCCCCCNCCCCCCCNc3c4ccc(Cl)cc4nc4ccc(OC)cc34)c2c1. The van der Waals surface area contributed by atoms with Crippen molar-refractivity contribution < 1.29 is 9.47 Å². The highest BCUT2D eigenvalue weighted by Crippen LogP contribution is 2.35. The Morgan fingerprint density at radius 3 is 1.49 bits per heavy atom. The maximum atomic E-state index is 6.28. The number of benzene rings is 4. The number of hydrogen-bond acceptors (Lipinski definition) is 7. The van der Waals surface area contributed by atoms with E-state index in [2.05, 4.69) is 65.3 Å². The molecule has 3 N–H and O–H groups in total. The molecule has 0 saturated heterocycles. The second-order valence-corrected chi connectivity index (χ2v) is 14.0. The first kappa shape index (κ1) is 36.5. The van der Waals surface area contributed by atoms with Crippen LogP contribution in [0.5, 0.6) is 11.5 Å². The number of ether oxygens (including phenoxy) is 2. The molecule has 0 aliphatic carbocycles. The van der Waals surface area contributed by atoms with E-state index in [4.69, 9.17) is 31.0 Å². The zero-order valence-corrected chi connectivity index (χ0v) is 31.2. The highest BCUT2D eigenvalue weighted by Gasteiger charge is 2.12. The highest BCUT2D eigenvalue weighted by atomic mass is 35.5. The van der Waals surface area contributed by atoms with E-state index in [-0.39, 0.29) is 0 Å². The Kier molecular flexibility index (Phi) is 13.0. The Balaban J connectivity index is 0.823. The first-order chi connectivity index (χ1) is 25.0. The summed E-state index contributed by atoms with van der Waals surface area (Å²) < 4.78 is 11.0. The minimum atomic E-state index is 0.699. The van der Waals surface area contributed by atoms with Gasteiger partial charge in [0.25, 0.3) is 0 Å². The summed E-state index contributed by atoms with van der Waals surface area (Å²) in [5.74, 6) is 1.69. The van der Waals surface area contributed by atoms with Gasteiger partial charge in [-0.05, 0) is 112 Å². The number of aryl methyl sites for hydroxylation is 1. The summed E-state index contributed by atoms with van der Waals surface area (Å²) in [6.07, 6.45) is 12.3. The number of pyridine rings is 2. The van der Waals surface area contributed by atoms with E-state index < -0.39 is 0 Å². The molecule has 268 valence electrons. The maximum Gasteiger partial charge on any atom is 0.119 e. The number of methoxy groups -OCH3 is 2. The van der Waals surface area contributed by atoms with Gasteiger partial charge in [-0.2, -0.15) is 0 Å². The van der Waals surface area contributed by atoms with Gasteiger partial charge in [-0.15, -0.1) is 0 Å². The molecule has 8 heteroatoms. The summed E-state index contributed by atoms with van der Waals surface area (Å²) in [5, 5.41) is 16.3. The molecule has 0 fully saturated rings. The van der Waals surface area contributed by atoms with Gasteiger partial charge in [-0.3, -0.25) is 0 Å². The normalized spacial score (nSPS) is 11.5. The molecule has 7 nitrogen and oxygen atoms in total. The molecule has 51 heavy (non-hydrogen) atoms. The highest BCUT2D eigenvalue weighted by molar-refractivity contribution is 6.31.